The number of carbonyl (C=O) groups excluding carboxylic acids is 1. The highest BCUT2D eigenvalue weighted by atomic mass is 79.9. The Hall–Kier alpha value is -1.77. The normalized spacial score (nSPS) is 12.6. The van der Waals surface area contributed by atoms with Gasteiger partial charge < -0.3 is 4.57 Å². The number of fused-ring (bicyclic) bond motifs is 1. The summed E-state index contributed by atoms with van der Waals surface area (Å²) < 4.78 is 28.8. The molecule has 1 heterocycles. The van der Waals surface area contributed by atoms with Gasteiger partial charge in [-0.05, 0) is 50.6 Å². The van der Waals surface area contributed by atoms with Crippen LogP contribution in [-0.4, -0.2) is 24.6 Å². The summed E-state index contributed by atoms with van der Waals surface area (Å²) >= 11 is 4.91. The van der Waals surface area contributed by atoms with Crippen LogP contribution in [0.3, 0.4) is 0 Å². The van der Waals surface area contributed by atoms with Gasteiger partial charge in [0.1, 0.15) is 0 Å². The molecule has 0 saturated heterocycles. The Morgan fingerprint density at radius 2 is 1.89 bits per heavy atom. The lowest BCUT2D eigenvalue weighted by atomic mass is 10.2. The van der Waals surface area contributed by atoms with Gasteiger partial charge in [-0.15, -0.1) is 0 Å². The predicted octanol–water partition coefficient (Wildman–Crippen LogP) is 4.48. The summed E-state index contributed by atoms with van der Waals surface area (Å²) in [5.41, 5.74) is 2.04. The Kier molecular flexibility index (Phi) is 6.52. The average Bonchev–Trinajstić information content (AvgIpc) is 2.97. The van der Waals surface area contributed by atoms with E-state index in [1.165, 1.54) is 11.3 Å². The fourth-order valence-corrected chi connectivity index (χ4v) is 5.85. The Bertz CT molecular complexity index is 1180. The molecule has 0 bridgehead atoms. The van der Waals surface area contributed by atoms with Crippen molar-refractivity contribution in [2.24, 2.45) is 4.99 Å². The van der Waals surface area contributed by atoms with E-state index in [0.717, 1.165) is 20.3 Å². The molecule has 0 radical (unpaired) electrons. The van der Waals surface area contributed by atoms with Gasteiger partial charge in [0, 0.05) is 17.4 Å². The highest BCUT2D eigenvalue weighted by Crippen LogP contribution is 2.22. The van der Waals surface area contributed by atoms with Crippen LogP contribution in [0.15, 0.2) is 56.8 Å². The third-order valence-electron chi connectivity index (χ3n) is 4.37. The number of halogens is 1. The van der Waals surface area contributed by atoms with E-state index >= 15 is 0 Å². The van der Waals surface area contributed by atoms with E-state index in [0.29, 0.717) is 16.2 Å². The maximum atomic E-state index is 12.4. The highest BCUT2D eigenvalue weighted by Gasteiger charge is 2.15. The van der Waals surface area contributed by atoms with Gasteiger partial charge in [0.2, 0.25) is 5.91 Å². The van der Waals surface area contributed by atoms with E-state index in [4.69, 9.17) is 0 Å². The van der Waals surface area contributed by atoms with E-state index in [9.17, 15) is 13.2 Å². The maximum Gasteiger partial charge on any atom is 0.248 e. The van der Waals surface area contributed by atoms with E-state index in [1.54, 1.807) is 24.3 Å². The van der Waals surface area contributed by atoms with Gasteiger partial charge in [0.15, 0.2) is 14.6 Å². The maximum absolute atomic E-state index is 12.4. The van der Waals surface area contributed by atoms with E-state index in [-0.39, 0.29) is 24.5 Å². The second-order valence-electron chi connectivity index (χ2n) is 6.48. The molecule has 0 aliphatic heterocycles. The number of hydrogen-bond acceptors (Lipinski definition) is 4. The summed E-state index contributed by atoms with van der Waals surface area (Å²) in [6, 6.07) is 12.7. The van der Waals surface area contributed by atoms with Gasteiger partial charge in [0.25, 0.3) is 0 Å². The lowest BCUT2D eigenvalue weighted by Crippen LogP contribution is -2.16. The van der Waals surface area contributed by atoms with Crippen molar-refractivity contribution >= 4 is 53.2 Å². The van der Waals surface area contributed by atoms with Crippen molar-refractivity contribution in [2.45, 2.75) is 38.1 Å². The first-order valence-electron chi connectivity index (χ1n) is 8.96. The molecule has 2 aromatic carbocycles. The molecule has 0 saturated carbocycles. The number of sulfone groups is 1. The third-order valence-corrected chi connectivity index (χ3v) is 7.72. The molecule has 0 atom stereocenters. The molecule has 28 heavy (non-hydrogen) atoms. The molecular formula is C20H21BrN2O3S2. The Morgan fingerprint density at radius 1 is 1.18 bits per heavy atom. The second-order valence-corrected chi connectivity index (χ2v) is 10.5. The molecule has 0 N–H and O–H groups in total. The Morgan fingerprint density at radius 3 is 2.57 bits per heavy atom. The number of rotatable bonds is 6. The van der Waals surface area contributed by atoms with Gasteiger partial charge in [-0.1, -0.05) is 45.0 Å². The molecule has 0 spiro atoms. The van der Waals surface area contributed by atoms with Gasteiger partial charge in [-0.25, -0.2) is 8.42 Å². The average molecular weight is 481 g/mol. The molecule has 0 aliphatic carbocycles. The molecule has 0 fully saturated rings. The quantitative estimate of drug-likeness (QED) is 0.522. The Balaban J connectivity index is 1.72. The van der Waals surface area contributed by atoms with E-state index < -0.39 is 9.84 Å². The van der Waals surface area contributed by atoms with Crippen molar-refractivity contribution < 1.29 is 13.2 Å². The second kappa shape index (κ2) is 8.71. The van der Waals surface area contributed by atoms with E-state index in [1.807, 2.05) is 36.6 Å². The molecule has 0 unspecified atom stereocenters. The van der Waals surface area contributed by atoms with Crippen molar-refractivity contribution in [2.75, 3.05) is 5.75 Å². The molecule has 8 heteroatoms. The van der Waals surface area contributed by atoms with Crippen LogP contribution >= 0.6 is 27.3 Å². The zero-order valence-corrected chi connectivity index (χ0v) is 18.9. The monoisotopic (exact) mass is 480 g/mol. The van der Waals surface area contributed by atoms with Crippen molar-refractivity contribution in [1.82, 2.24) is 4.57 Å². The number of aromatic nitrogens is 1. The molecule has 5 nitrogen and oxygen atoms in total. The first kappa shape index (κ1) is 21.0. The fourth-order valence-electron chi connectivity index (χ4n) is 2.88. The topological polar surface area (TPSA) is 68.5 Å². The predicted molar refractivity (Wildman–Crippen MR) is 116 cm³/mol. The van der Waals surface area contributed by atoms with Crippen molar-refractivity contribution in [1.29, 1.82) is 0 Å². The summed E-state index contributed by atoms with van der Waals surface area (Å²) in [6.45, 7) is 4.62. The van der Waals surface area contributed by atoms with Crippen LogP contribution in [0.5, 0.6) is 0 Å². The number of hydrogen-bond donors (Lipinski definition) is 0. The summed E-state index contributed by atoms with van der Waals surface area (Å²) in [5, 5.41) is 0. The van der Waals surface area contributed by atoms with Gasteiger partial charge in [-0.2, -0.15) is 4.99 Å². The number of nitrogens with zero attached hydrogens (tertiary/aromatic N) is 2. The molecule has 3 rings (SSSR count). The summed E-state index contributed by atoms with van der Waals surface area (Å²) in [6.07, 6.45) is 0.355. The Labute approximate surface area is 176 Å². The number of thiazole rings is 1. The minimum Gasteiger partial charge on any atom is -0.317 e. The van der Waals surface area contributed by atoms with Gasteiger partial charge in [0.05, 0.1) is 20.9 Å². The largest absolute Gasteiger partial charge is 0.317 e. The SMILES string of the molecule is CCn1c(=NC(=O)CCCS(=O)(=O)c2ccc(C)cc2)sc2cc(Br)ccc21. The van der Waals surface area contributed by atoms with Crippen molar-refractivity contribution in [3.8, 4) is 0 Å². The zero-order chi connectivity index (χ0) is 20.3. The number of benzene rings is 2. The molecular weight excluding hydrogens is 460 g/mol. The highest BCUT2D eigenvalue weighted by molar-refractivity contribution is 9.10. The van der Waals surface area contributed by atoms with Crippen molar-refractivity contribution in [3.05, 3.63) is 57.3 Å². The number of carbonyl (C=O) groups is 1. The molecule has 1 aromatic heterocycles. The third kappa shape index (κ3) is 4.79. The molecule has 3 aromatic rings. The van der Waals surface area contributed by atoms with Gasteiger partial charge in [-0.3, -0.25) is 4.79 Å². The lowest BCUT2D eigenvalue weighted by molar-refractivity contribution is -0.118. The molecule has 1 amide bonds. The van der Waals surface area contributed by atoms with Crippen LogP contribution in [0.1, 0.15) is 25.3 Å². The van der Waals surface area contributed by atoms with E-state index in [2.05, 4.69) is 20.9 Å². The smallest absolute Gasteiger partial charge is 0.248 e. The first-order chi connectivity index (χ1) is 13.3. The van der Waals surface area contributed by atoms with Gasteiger partial charge >= 0.3 is 0 Å². The first-order valence-corrected chi connectivity index (χ1v) is 12.2. The molecule has 0 aliphatic rings. The summed E-state index contributed by atoms with van der Waals surface area (Å²) in [7, 11) is -3.39. The van der Waals surface area contributed by atoms with Crippen LogP contribution in [0, 0.1) is 6.92 Å². The van der Waals surface area contributed by atoms with Crippen LogP contribution in [0.25, 0.3) is 10.2 Å². The van der Waals surface area contributed by atoms with Crippen molar-refractivity contribution in [3.63, 3.8) is 0 Å². The summed E-state index contributed by atoms with van der Waals surface area (Å²) in [4.78, 5) is 17.5. The lowest BCUT2D eigenvalue weighted by Gasteiger charge is -2.04. The molecule has 148 valence electrons. The van der Waals surface area contributed by atoms with Crippen LogP contribution in [0.2, 0.25) is 0 Å². The summed E-state index contributed by atoms with van der Waals surface area (Å²) in [5.74, 6) is -0.364. The zero-order valence-electron chi connectivity index (χ0n) is 15.7. The minimum absolute atomic E-state index is 0.0650. The van der Waals surface area contributed by atoms with Crippen LogP contribution < -0.4 is 4.80 Å². The fraction of sp³-hybridized carbons (Fsp3) is 0.300. The van der Waals surface area contributed by atoms with Crippen LogP contribution in [-0.2, 0) is 21.2 Å². The number of aryl methyl sites for hydroxylation is 2. The minimum atomic E-state index is -3.39. The number of amides is 1. The standard InChI is InChI=1S/C20H21BrN2O3S2/c1-3-23-17-11-8-15(21)13-18(17)27-20(23)22-19(24)5-4-12-28(25,26)16-9-6-14(2)7-10-16/h6-11,13H,3-5,12H2,1-2H3. The van der Waals surface area contributed by atoms with Crippen LogP contribution in [0.4, 0.5) is 0 Å².